The zero-order chi connectivity index (χ0) is 53.9. The number of pyridine rings is 1. The number of rotatable bonds is 20. The van der Waals surface area contributed by atoms with Crippen LogP contribution in [-0.4, -0.2) is 74.6 Å². The second-order valence-corrected chi connectivity index (χ2v) is 23.8. The molecule has 5 fully saturated rings. The van der Waals surface area contributed by atoms with E-state index in [1.165, 1.54) is 49.9 Å². The highest BCUT2D eigenvalue weighted by Gasteiger charge is 2.50. The summed E-state index contributed by atoms with van der Waals surface area (Å²) < 4.78 is 2.72. The van der Waals surface area contributed by atoms with Crippen molar-refractivity contribution in [2.75, 3.05) is 35.2 Å². The average molecular weight is 1070 g/mol. The summed E-state index contributed by atoms with van der Waals surface area (Å²) >= 11 is 1.45. The second-order valence-electron chi connectivity index (χ2n) is 22.8. The van der Waals surface area contributed by atoms with E-state index in [9.17, 15) is 24.0 Å². The summed E-state index contributed by atoms with van der Waals surface area (Å²) in [5, 5.41) is 17.7. The Hall–Kier alpha value is -7.27. The van der Waals surface area contributed by atoms with E-state index in [2.05, 4.69) is 42.3 Å². The number of piperidine rings is 1. The largest absolute Gasteiger partial charge is 0.404 e. The number of hydrogen-bond donors (Lipinski definition) is 5. The van der Waals surface area contributed by atoms with Crippen LogP contribution in [0.1, 0.15) is 159 Å². The number of aliphatic imine (C=N–C) groups is 1. The molecule has 6 aliphatic rings. The van der Waals surface area contributed by atoms with Crippen LogP contribution in [0.3, 0.4) is 0 Å². The molecule has 3 aromatic carbocycles. The van der Waals surface area contributed by atoms with E-state index in [0.29, 0.717) is 83.6 Å². The van der Waals surface area contributed by atoms with Gasteiger partial charge < -0.3 is 21.3 Å². The molecule has 4 bridgehead atoms. The highest BCUT2D eigenvalue weighted by Crippen LogP contribution is 2.60. The molecule has 6 N–H and O–H groups in total. The number of hydrogen-bond acceptors (Lipinski definition) is 12. The minimum atomic E-state index is -0.487. The maximum Gasteiger partial charge on any atom is 0.270 e. The molecule has 0 radical (unpaired) electrons. The van der Waals surface area contributed by atoms with Crippen molar-refractivity contribution in [2.45, 2.75) is 129 Å². The standard InChI is InChI=1S/C61H71N11O5S/c1-37(64-36-61-31-38-27-39(32-61)29-40(28-38)33-61)47(34-62)43-20-22-52(72-26-24-41-13-12-14-44(48(41)35-72)57(75)69-60-66-49-15-9-10-16-51(49)78-60)67-56(43)59(77)63-25-11-7-5-3-4-6-8-17-53(73)65-42-18-19-45-50(30-42)71(2)70-55(45)46-21-23-54(74)68-58(46)76/h9-10,12-16,18-20,22,30,34,38-40,46H,3-8,11,17,21,23-29,31-33,35-36,62H2,1-2H3,(H,63,77)(H,65,73)(H,66,69,75)(H,68,74,76). The summed E-state index contributed by atoms with van der Waals surface area (Å²) in [6.07, 6.45) is 17.9. The Kier molecular flexibility index (Phi) is 15.5. The molecule has 4 aliphatic carbocycles. The van der Waals surface area contributed by atoms with Crippen molar-refractivity contribution in [3.05, 3.63) is 113 Å². The molecule has 12 rings (SSSR count). The second kappa shape index (κ2) is 23.0. The monoisotopic (exact) mass is 1070 g/mol. The number of carbonyl (C=O) groups is 5. The minimum absolute atomic E-state index is 0.0493. The fourth-order valence-corrected chi connectivity index (χ4v) is 14.6. The van der Waals surface area contributed by atoms with Gasteiger partial charge in [0.1, 0.15) is 11.5 Å². The number of anilines is 3. The first-order chi connectivity index (χ1) is 37.9. The number of nitrogens with two attached hydrogens (primary N) is 1. The van der Waals surface area contributed by atoms with Crippen molar-refractivity contribution in [3.63, 3.8) is 0 Å². The van der Waals surface area contributed by atoms with Crippen molar-refractivity contribution in [1.29, 1.82) is 0 Å². The molecular weight excluding hydrogens is 999 g/mol. The summed E-state index contributed by atoms with van der Waals surface area (Å²) in [4.78, 5) is 82.7. The topological polar surface area (TPSA) is 219 Å². The number of unbranched alkanes of at least 4 members (excludes halogenated alkanes) is 6. The van der Waals surface area contributed by atoms with Crippen LogP contribution in [0.5, 0.6) is 0 Å². The van der Waals surface area contributed by atoms with E-state index >= 15 is 0 Å². The number of aryl methyl sites for hydroxylation is 1. The molecule has 1 unspecified atom stereocenters. The average Bonchev–Trinajstić information content (AvgIpc) is 4.13. The van der Waals surface area contributed by atoms with Gasteiger partial charge >= 0.3 is 0 Å². The van der Waals surface area contributed by atoms with Crippen molar-refractivity contribution in [3.8, 4) is 0 Å². The molecule has 17 heteroatoms. The highest BCUT2D eigenvalue weighted by atomic mass is 32.1. The maximum absolute atomic E-state index is 14.4. The van der Waals surface area contributed by atoms with Gasteiger partial charge in [-0.3, -0.25) is 44.3 Å². The zero-order valence-electron chi connectivity index (χ0n) is 44.9. The highest BCUT2D eigenvalue weighted by molar-refractivity contribution is 7.22. The van der Waals surface area contributed by atoms with E-state index < -0.39 is 5.92 Å². The summed E-state index contributed by atoms with van der Waals surface area (Å²) in [6.45, 7) is 4.42. The quantitative estimate of drug-likeness (QED) is 0.0277. The number of imide groups is 1. The molecular formula is C61H71N11O5S. The van der Waals surface area contributed by atoms with E-state index in [4.69, 9.17) is 15.7 Å². The van der Waals surface area contributed by atoms with Crippen LogP contribution in [0, 0.1) is 23.2 Å². The fraction of sp³-hybridized carbons (Fsp3) is 0.459. The number of allylic oxidation sites excluding steroid dienone is 1. The summed E-state index contributed by atoms with van der Waals surface area (Å²) in [7, 11) is 1.81. The lowest BCUT2D eigenvalue weighted by molar-refractivity contribution is -0.134. The van der Waals surface area contributed by atoms with Crippen LogP contribution < -0.4 is 31.9 Å². The molecule has 0 spiro atoms. The molecule has 78 heavy (non-hydrogen) atoms. The molecule has 6 aromatic rings. The first kappa shape index (κ1) is 52.8. The molecule has 4 saturated carbocycles. The SMILES string of the molecule is CC(=NCC12CC3CC(CC(C3)C1)C2)C(=CN)c1ccc(N2CCc3cccc(C(=O)Nc4nc5ccccc5s4)c3C2)nc1C(=O)NCCCCCCCCCC(=O)Nc1ccc2c(C3CCC(=O)NC3=O)nn(C)c2c1. The Bertz CT molecular complexity index is 3290. The van der Waals surface area contributed by atoms with Gasteiger partial charge in [-0.15, -0.1) is 0 Å². The van der Waals surface area contributed by atoms with Crippen LogP contribution in [-0.2, 0) is 34.4 Å². The smallest absolute Gasteiger partial charge is 0.270 e. The number of nitrogens with zero attached hydrogens (tertiary/aromatic N) is 6. The first-order valence-electron chi connectivity index (χ1n) is 28.2. The van der Waals surface area contributed by atoms with Crippen molar-refractivity contribution in [1.82, 2.24) is 30.4 Å². The van der Waals surface area contributed by atoms with Crippen molar-refractivity contribution in [2.24, 2.45) is 40.9 Å². The molecule has 1 saturated heterocycles. The molecule has 16 nitrogen and oxygen atoms in total. The first-order valence-corrected chi connectivity index (χ1v) is 29.1. The lowest BCUT2D eigenvalue weighted by atomic mass is 9.49. The van der Waals surface area contributed by atoms with Crippen LogP contribution in [0.15, 0.2) is 84.0 Å². The number of carbonyl (C=O) groups excluding carboxylic acids is 5. The number of amides is 5. The predicted molar refractivity (Wildman–Crippen MR) is 307 cm³/mol. The summed E-state index contributed by atoms with van der Waals surface area (Å²) in [6, 6.07) is 23.3. The zero-order valence-corrected chi connectivity index (χ0v) is 45.7. The van der Waals surface area contributed by atoms with Crippen molar-refractivity contribution < 1.29 is 24.0 Å². The van der Waals surface area contributed by atoms with Gasteiger partial charge in [0.05, 0.1) is 27.3 Å². The van der Waals surface area contributed by atoms with Gasteiger partial charge in [0.2, 0.25) is 17.7 Å². The third-order valence-corrected chi connectivity index (χ3v) is 18.2. The molecule has 3 aromatic heterocycles. The molecule has 2 aliphatic heterocycles. The Labute approximate surface area is 459 Å². The maximum atomic E-state index is 14.4. The number of nitrogens with one attached hydrogen (secondary N) is 4. The minimum Gasteiger partial charge on any atom is -0.404 e. The van der Waals surface area contributed by atoms with Gasteiger partial charge in [0.15, 0.2) is 5.13 Å². The number of para-hydroxylation sites is 1. The fourth-order valence-electron chi connectivity index (χ4n) is 13.7. The van der Waals surface area contributed by atoms with Gasteiger partial charge in [0, 0.05) is 85.8 Å². The lowest BCUT2D eigenvalue weighted by Crippen LogP contribution is -2.47. The molecule has 1 atom stereocenters. The van der Waals surface area contributed by atoms with Crippen molar-refractivity contribution >= 4 is 89.9 Å². The van der Waals surface area contributed by atoms with Crippen LogP contribution >= 0.6 is 11.3 Å². The normalized spacial score (nSPS) is 21.9. The van der Waals surface area contributed by atoms with Gasteiger partial charge in [-0.1, -0.05) is 67.7 Å². The van der Waals surface area contributed by atoms with Gasteiger partial charge in [-0.05, 0) is 154 Å². The Morgan fingerprint density at radius 3 is 2.36 bits per heavy atom. The van der Waals surface area contributed by atoms with Gasteiger partial charge in [-0.2, -0.15) is 5.10 Å². The Morgan fingerprint density at radius 2 is 1.60 bits per heavy atom. The molecule has 5 amide bonds. The van der Waals surface area contributed by atoms with Gasteiger partial charge in [-0.25, -0.2) is 9.97 Å². The summed E-state index contributed by atoms with van der Waals surface area (Å²) in [5.74, 6) is 1.55. The van der Waals surface area contributed by atoms with E-state index in [-0.39, 0.29) is 41.4 Å². The number of benzene rings is 3. The Morgan fingerprint density at radius 1 is 0.846 bits per heavy atom. The lowest BCUT2D eigenvalue weighted by Gasteiger charge is -2.56. The predicted octanol–water partition coefficient (Wildman–Crippen LogP) is 10.4. The van der Waals surface area contributed by atoms with Crippen LogP contribution in [0.2, 0.25) is 0 Å². The number of thiazole rings is 1. The Balaban J connectivity index is 0.693. The summed E-state index contributed by atoms with van der Waals surface area (Å²) in [5.41, 5.74) is 14.8. The number of aromatic nitrogens is 4. The molecule has 406 valence electrons. The third kappa shape index (κ3) is 11.5. The molecule has 5 heterocycles. The van der Waals surface area contributed by atoms with E-state index in [1.807, 2.05) is 80.7 Å². The van der Waals surface area contributed by atoms with E-state index in [1.54, 1.807) is 10.9 Å². The van der Waals surface area contributed by atoms with E-state index in [0.717, 1.165) is 107 Å². The third-order valence-electron chi connectivity index (χ3n) is 17.2. The van der Waals surface area contributed by atoms with Crippen LogP contribution in [0.4, 0.5) is 16.6 Å². The van der Waals surface area contributed by atoms with Gasteiger partial charge in [0.25, 0.3) is 11.8 Å². The number of fused-ring (bicyclic) bond motifs is 3. The van der Waals surface area contributed by atoms with Crippen LogP contribution in [0.25, 0.3) is 26.7 Å².